The molecule has 0 aliphatic heterocycles. The van der Waals surface area contributed by atoms with Gasteiger partial charge in [-0.1, -0.05) is 260 Å². The van der Waals surface area contributed by atoms with Crippen molar-refractivity contribution in [3.63, 3.8) is 0 Å². The van der Waals surface area contributed by atoms with Crippen LogP contribution in [0, 0.1) is 11.8 Å². The highest BCUT2D eigenvalue weighted by Gasteiger charge is 2.33. The Labute approximate surface area is 461 Å². The van der Waals surface area contributed by atoms with Crippen LogP contribution in [0.1, 0.15) is 298 Å². The number of hydrogen-bond acceptors (Lipinski definition) is 6. The smallest absolute Gasteiger partial charge is 0.243 e. The van der Waals surface area contributed by atoms with E-state index in [1.807, 2.05) is 65.7 Å². The molecule has 0 fully saturated rings. The minimum Gasteiger partial charge on any atom is -0.354 e. The molecule has 0 aromatic heterocycles. The molecule has 74 heavy (non-hydrogen) atoms. The number of carbonyl (C=O) groups excluding carboxylic acids is 4. The van der Waals surface area contributed by atoms with Gasteiger partial charge in [-0.05, 0) is 65.7 Å². The van der Waals surface area contributed by atoms with Crippen LogP contribution in [0.4, 0.5) is 0 Å². The third kappa shape index (κ3) is 41.9. The number of carbonyl (C=O) groups is 4. The van der Waals surface area contributed by atoms with Crippen LogP contribution >= 0.6 is 0 Å². The zero-order chi connectivity index (χ0) is 54.9. The van der Waals surface area contributed by atoms with Crippen molar-refractivity contribution in [3.05, 3.63) is 0 Å². The van der Waals surface area contributed by atoms with Crippen LogP contribution in [0.2, 0.25) is 0 Å². The lowest BCUT2D eigenvalue weighted by molar-refractivity contribution is -0.142. The van der Waals surface area contributed by atoms with Gasteiger partial charge < -0.3 is 30.2 Å². The third-order valence-electron chi connectivity index (χ3n) is 15.4. The Morgan fingerprint density at radius 3 is 0.743 bits per heavy atom. The van der Waals surface area contributed by atoms with Crippen LogP contribution < -0.4 is 10.6 Å². The first-order valence-corrected chi connectivity index (χ1v) is 32.2. The molecule has 438 valence electrons. The molecule has 0 aliphatic rings. The van der Waals surface area contributed by atoms with Crippen molar-refractivity contribution < 1.29 is 19.2 Å². The zero-order valence-electron chi connectivity index (χ0n) is 51.3. The summed E-state index contributed by atoms with van der Waals surface area (Å²) >= 11 is 0. The molecule has 2 N–H and O–H groups in total. The molecule has 10 heteroatoms. The van der Waals surface area contributed by atoms with Crippen molar-refractivity contribution in [1.82, 2.24) is 30.2 Å². The molecule has 10 nitrogen and oxygen atoms in total. The van der Waals surface area contributed by atoms with Gasteiger partial charge in [-0.2, -0.15) is 0 Å². The van der Waals surface area contributed by atoms with Crippen molar-refractivity contribution in [2.24, 2.45) is 11.8 Å². The summed E-state index contributed by atoms with van der Waals surface area (Å²) in [7, 11) is 8.07. The van der Waals surface area contributed by atoms with Crippen LogP contribution in [0.3, 0.4) is 0 Å². The zero-order valence-corrected chi connectivity index (χ0v) is 51.3. The standard InChI is InChI=1S/C64H128N6O4/c1-11-13-15-17-19-21-23-25-27-29-31-33-35-37-39-41-45-49-59(71)69(55-53-67(7)8)61(57(3)4)63(73)65-51-47-43-44-48-52-66-64(74)62(58(5)6)70(56-54-68(9)10)60(72)50-46-42-40-38-36-34-32-30-28-26-24-22-20-18-16-14-12-2/h57-58,61-62H,11-56H2,1-10H3,(H,65,73)(H,66,74). The number of unbranched alkanes of at least 4 members (excludes halogenated alkanes) is 35. The van der Waals surface area contributed by atoms with Crippen molar-refractivity contribution >= 4 is 23.6 Å². The molecule has 0 spiro atoms. The fraction of sp³-hybridized carbons (Fsp3) is 0.938. The van der Waals surface area contributed by atoms with Gasteiger partial charge in [-0.15, -0.1) is 0 Å². The number of nitrogens with one attached hydrogen (secondary N) is 2. The van der Waals surface area contributed by atoms with E-state index in [-0.39, 0.29) is 35.5 Å². The van der Waals surface area contributed by atoms with Crippen molar-refractivity contribution in [1.29, 1.82) is 0 Å². The summed E-state index contributed by atoms with van der Waals surface area (Å²) in [4.78, 5) is 62.8. The van der Waals surface area contributed by atoms with Gasteiger partial charge in [0.05, 0.1) is 0 Å². The molecular formula is C64H128N6O4. The summed E-state index contributed by atoms with van der Waals surface area (Å²) in [5.74, 6) is 0.0959. The second-order valence-electron chi connectivity index (χ2n) is 24.0. The Balaban J connectivity index is 4.64. The lowest BCUT2D eigenvalue weighted by atomic mass is 9.99. The Bertz CT molecular complexity index is 1200. The summed E-state index contributed by atoms with van der Waals surface area (Å²) in [6, 6.07) is -0.972. The molecule has 0 heterocycles. The van der Waals surface area contributed by atoms with Gasteiger partial charge in [-0.25, -0.2) is 0 Å². The first-order chi connectivity index (χ1) is 35.8. The molecule has 0 bridgehead atoms. The van der Waals surface area contributed by atoms with Gasteiger partial charge in [0.15, 0.2) is 0 Å². The van der Waals surface area contributed by atoms with Gasteiger partial charge in [0.2, 0.25) is 23.6 Å². The highest BCUT2D eigenvalue weighted by molar-refractivity contribution is 5.88. The quantitative estimate of drug-likeness (QED) is 0.0588. The van der Waals surface area contributed by atoms with Crippen LogP contribution in [-0.4, -0.2) is 123 Å². The first-order valence-electron chi connectivity index (χ1n) is 32.2. The molecule has 4 amide bonds. The summed E-state index contributed by atoms with van der Waals surface area (Å²) in [6.07, 6.45) is 49.2. The average Bonchev–Trinajstić information content (AvgIpc) is 3.35. The van der Waals surface area contributed by atoms with Gasteiger partial charge in [-0.3, -0.25) is 19.2 Å². The van der Waals surface area contributed by atoms with E-state index in [2.05, 4.69) is 34.3 Å². The predicted octanol–water partition coefficient (Wildman–Crippen LogP) is 15.7. The van der Waals surface area contributed by atoms with Crippen LogP contribution in [0.5, 0.6) is 0 Å². The molecule has 0 saturated carbocycles. The third-order valence-corrected chi connectivity index (χ3v) is 15.4. The lowest BCUT2D eigenvalue weighted by Crippen LogP contribution is -2.54. The molecular weight excluding hydrogens is 917 g/mol. The maximum Gasteiger partial charge on any atom is 0.243 e. The largest absolute Gasteiger partial charge is 0.354 e. The van der Waals surface area contributed by atoms with E-state index in [4.69, 9.17) is 0 Å². The van der Waals surface area contributed by atoms with E-state index < -0.39 is 12.1 Å². The second kappa shape index (κ2) is 51.6. The Morgan fingerprint density at radius 2 is 0.527 bits per heavy atom. The van der Waals surface area contributed by atoms with Gasteiger partial charge in [0.1, 0.15) is 12.1 Å². The van der Waals surface area contributed by atoms with Gasteiger partial charge in [0.25, 0.3) is 0 Å². The van der Waals surface area contributed by atoms with Crippen molar-refractivity contribution in [3.8, 4) is 0 Å². The van der Waals surface area contributed by atoms with E-state index in [1.54, 1.807) is 0 Å². The molecule has 0 radical (unpaired) electrons. The fourth-order valence-electron chi connectivity index (χ4n) is 10.6. The van der Waals surface area contributed by atoms with Gasteiger partial charge >= 0.3 is 0 Å². The summed E-state index contributed by atoms with van der Waals surface area (Å²) in [5, 5.41) is 6.36. The Hall–Kier alpha value is -2.20. The van der Waals surface area contributed by atoms with E-state index in [0.29, 0.717) is 39.0 Å². The summed E-state index contributed by atoms with van der Waals surface area (Å²) < 4.78 is 0. The minimum atomic E-state index is -0.486. The molecule has 0 rings (SSSR count). The molecule has 2 atom stereocenters. The van der Waals surface area contributed by atoms with Crippen LogP contribution in [0.15, 0.2) is 0 Å². The summed E-state index contributed by atoms with van der Waals surface area (Å²) in [6.45, 7) is 16.4. The van der Waals surface area contributed by atoms with Gasteiger partial charge in [0, 0.05) is 52.1 Å². The maximum absolute atomic E-state index is 13.7. The predicted molar refractivity (Wildman–Crippen MR) is 320 cm³/mol. The molecule has 0 aliphatic carbocycles. The van der Waals surface area contributed by atoms with Crippen molar-refractivity contribution in [2.45, 2.75) is 310 Å². The number of rotatable bonds is 55. The summed E-state index contributed by atoms with van der Waals surface area (Å²) in [5.41, 5.74) is 0. The first kappa shape index (κ1) is 71.8. The SMILES string of the molecule is CCCCCCCCCCCCCCCCCCCC(=O)N(CCN(C)C)C(C(=O)NCCCCCCNC(=O)C(C(C)C)N(CCN(C)C)C(=O)CCCCCCCCCCCCCCCCCCC)C(C)C. The fourth-order valence-corrected chi connectivity index (χ4v) is 10.6. The Kier molecular flexibility index (Phi) is 50.0. The monoisotopic (exact) mass is 1040 g/mol. The highest BCUT2D eigenvalue weighted by atomic mass is 16.2. The number of amides is 4. The van der Waals surface area contributed by atoms with Crippen LogP contribution in [-0.2, 0) is 19.2 Å². The number of likely N-dealkylation sites (N-methyl/N-ethyl adjacent to an activating group) is 2. The van der Waals surface area contributed by atoms with E-state index in [0.717, 1.165) is 64.5 Å². The van der Waals surface area contributed by atoms with Crippen LogP contribution in [0.25, 0.3) is 0 Å². The Morgan fingerprint density at radius 1 is 0.311 bits per heavy atom. The van der Waals surface area contributed by atoms with E-state index >= 15 is 0 Å². The molecule has 2 unspecified atom stereocenters. The number of nitrogens with zero attached hydrogens (tertiary/aromatic N) is 4. The average molecular weight is 1050 g/mol. The van der Waals surface area contributed by atoms with E-state index in [1.165, 1.54) is 193 Å². The van der Waals surface area contributed by atoms with Crippen molar-refractivity contribution in [2.75, 3.05) is 67.5 Å². The lowest BCUT2D eigenvalue weighted by Gasteiger charge is -2.34. The maximum atomic E-state index is 13.7. The molecule has 0 aromatic carbocycles. The topological polar surface area (TPSA) is 105 Å². The normalized spacial score (nSPS) is 12.6. The highest BCUT2D eigenvalue weighted by Crippen LogP contribution is 2.20. The molecule has 0 saturated heterocycles. The molecule has 0 aromatic rings. The minimum absolute atomic E-state index is 0.00713. The van der Waals surface area contributed by atoms with E-state index in [9.17, 15) is 19.2 Å². The second-order valence-corrected chi connectivity index (χ2v) is 24.0. The number of hydrogen-bond donors (Lipinski definition) is 2.